The van der Waals surface area contributed by atoms with E-state index in [1.807, 2.05) is 12.1 Å². The van der Waals surface area contributed by atoms with Crippen LogP contribution < -0.4 is 5.32 Å². The van der Waals surface area contributed by atoms with Crippen molar-refractivity contribution in [3.05, 3.63) is 62.8 Å². The smallest absolute Gasteiger partial charge is 0.123 e. The van der Waals surface area contributed by atoms with Gasteiger partial charge in [-0.1, -0.05) is 34.5 Å². The van der Waals surface area contributed by atoms with Gasteiger partial charge >= 0.3 is 0 Å². The molecular weight excluding hydrogens is 329 g/mol. The van der Waals surface area contributed by atoms with Crippen molar-refractivity contribution >= 4 is 33.2 Å². The Bertz CT molecular complexity index is 586. The molecule has 0 aliphatic heterocycles. The zero-order valence-corrected chi connectivity index (χ0v) is 12.9. The first-order chi connectivity index (χ1) is 9.10. The van der Waals surface area contributed by atoms with Crippen molar-refractivity contribution in [1.82, 2.24) is 0 Å². The van der Waals surface area contributed by atoms with Crippen molar-refractivity contribution in [2.75, 3.05) is 5.32 Å². The molecule has 19 heavy (non-hydrogen) atoms. The summed E-state index contributed by atoms with van der Waals surface area (Å²) in [6.45, 7) is 2.60. The lowest BCUT2D eigenvalue weighted by Crippen LogP contribution is -2.03. The third-order valence-electron chi connectivity index (χ3n) is 2.93. The van der Waals surface area contributed by atoms with Crippen molar-refractivity contribution < 1.29 is 4.39 Å². The summed E-state index contributed by atoms with van der Waals surface area (Å²) < 4.78 is 14.2. The normalized spacial score (nSPS) is 10.5. The molecule has 0 aliphatic rings. The number of nitrogens with one attached hydrogen (secondary N) is 1. The molecule has 0 aromatic heterocycles. The predicted molar refractivity (Wildman–Crippen MR) is 82.3 cm³/mol. The van der Waals surface area contributed by atoms with Crippen LogP contribution in [0.2, 0.25) is 5.02 Å². The van der Waals surface area contributed by atoms with Crippen LogP contribution in [0.4, 0.5) is 10.1 Å². The zero-order chi connectivity index (χ0) is 13.8. The molecule has 0 spiro atoms. The van der Waals surface area contributed by atoms with Gasteiger partial charge in [0.05, 0.1) is 0 Å². The Morgan fingerprint density at radius 3 is 2.68 bits per heavy atom. The maximum Gasteiger partial charge on any atom is 0.123 e. The topological polar surface area (TPSA) is 12.0 Å². The van der Waals surface area contributed by atoms with E-state index in [4.69, 9.17) is 11.6 Å². The van der Waals surface area contributed by atoms with Gasteiger partial charge in [0.2, 0.25) is 0 Å². The minimum Gasteiger partial charge on any atom is -0.381 e. The van der Waals surface area contributed by atoms with Gasteiger partial charge < -0.3 is 5.32 Å². The Labute approximate surface area is 125 Å². The molecule has 2 aromatic carbocycles. The summed E-state index contributed by atoms with van der Waals surface area (Å²) in [5.41, 5.74) is 3.01. The fourth-order valence-corrected chi connectivity index (χ4v) is 2.49. The highest BCUT2D eigenvalue weighted by molar-refractivity contribution is 9.10. The number of benzene rings is 2. The van der Waals surface area contributed by atoms with E-state index in [0.29, 0.717) is 11.6 Å². The molecule has 2 aromatic rings. The van der Waals surface area contributed by atoms with E-state index in [-0.39, 0.29) is 5.82 Å². The summed E-state index contributed by atoms with van der Waals surface area (Å²) >= 11 is 9.50. The highest BCUT2D eigenvalue weighted by Crippen LogP contribution is 2.24. The number of rotatable bonds is 4. The highest BCUT2D eigenvalue weighted by atomic mass is 79.9. The van der Waals surface area contributed by atoms with Gasteiger partial charge in [0.1, 0.15) is 5.82 Å². The summed E-state index contributed by atoms with van der Waals surface area (Å²) in [6.07, 6.45) is 0.929. The molecule has 0 amide bonds. The van der Waals surface area contributed by atoms with Gasteiger partial charge in [-0.3, -0.25) is 0 Å². The van der Waals surface area contributed by atoms with Gasteiger partial charge in [-0.15, -0.1) is 0 Å². The fraction of sp³-hybridized carbons (Fsp3) is 0.200. The monoisotopic (exact) mass is 341 g/mol. The Morgan fingerprint density at radius 2 is 1.95 bits per heavy atom. The summed E-state index contributed by atoms with van der Waals surface area (Å²) in [4.78, 5) is 0. The highest BCUT2D eigenvalue weighted by Gasteiger charge is 2.05. The van der Waals surface area contributed by atoms with Crippen LogP contribution in [0.5, 0.6) is 0 Å². The second-order valence-electron chi connectivity index (χ2n) is 4.24. The van der Waals surface area contributed by atoms with Crippen LogP contribution in [0.25, 0.3) is 0 Å². The summed E-state index contributed by atoms with van der Waals surface area (Å²) in [5, 5.41) is 3.88. The molecular formula is C15H14BrClFN. The number of aryl methyl sites for hydroxylation is 1. The molecule has 0 saturated carbocycles. The van der Waals surface area contributed by atoms with Crippen molar-refractivity contribution in [3.63, 3.8) is 0 Å². The molecule has 4 heteroatoms. The molecule has 1 N–H and O–H groups in total. The maximum absolute atomic E-state index is 13.2. The van der Waals surface area contributed by atoms with E-state index >= 15 is 0 Å². The van der Waals surface area contributed by atoms with E-state index in [2.05, 4.69) is 34.2 Å². The summed E-state index contributed by atoms with van der Waals surface area (Å²) in [6, 6.07) is 10.5. The number of halogens is 3. The first-order valence-corrected chi connectivity index (χ1v) is 7.23. The van der Waals surface area contributed by atoms with Crippen LogP contribution in [-0.2, 0) is 13.0 Å². The van der Waals surface area contributed by atoms with Gasteiger partial charge in [0.15, 0.2) is 0 Å². The van der Waals surface area contributed by atoms with Gasteiger partial charge in [0, 0.05) is 21.7 Å². The first kappa shape index (κ1) is 14.4. The molecule has 0 heterocycles. The molecule has 0 unspecified atom stereocenters. The van der Waals surface area contributed by atoms with Crippen LogP contribution in [0.15, 0.2) is 40.9 Å². The fourth-order valence-electron chi connectivity index (χ4n) is 1.90. The van der Waals surface area contributed by atoms with Crippen LogP contribution in [-0.4, -0.2) is 0 Å². The molecule has 100 valence electrons. The van der Waals surface area contributed by atoms with Crippen LogP contribution >= 0.6 is 27.5 Å². The Hall–Kier alpha value is -1.06. The van der Waals surface area contributed by atoms with Crippen molar-refractivity contribution in [1.29, 1.82) is 0 Å². The Balaban J connectivity index is 2.16. The van der Waals surface area contributed by atoms with Crippen LogP contribution in [0.3, 0.4) is 0 Å². The lowest BCUT2D eigenvalue weighted by Gasteiger charge is -2.12. The largest absolute Gasteiger partial charge is 0.381 e. The van der Waals surface area contributed by atoms with Crippen LogP contribution in [0.1, 0.15) is 18.1 Å². The molecule has 0 bridgehead atoms. The van der Waals surface area contributed by atoms with Crippen molar-refractivity contribution in [2.45, 2.75) is 19.9 Å². The maximum atomic E-state index is 13.2. The number of hydrogen-bond acceptors (Lipinski definition) is 1. The molecule has 1 nitrogen and oxygen atoms in total. The molecule has 0 fully saturated rings. The molecule has 0 aliphatic carbocycles. The van der Waals surface area contributed by atoms with Crippen LogP contribution in [0, 0.1) is 5.82 Å². The average molecular weight is 343 g/mol. The Kier molecular flexibility index (Phi) is 4.83. The number of hydrogen-bond donors (Lipinski definition) is 1. The SMILES string of the molecule is CCc1cc(Br)ccc1NCc1cc(F)ccc1Cl. The van der Waals surface area contributed by atoms with Gasteiger partial charge in [-0.2, -0.15) is 0 Å². The lowest BCUT2D eigenvalue weighted by molar-refractivity contribution is 0.626. The van der Waals surface area contributed by atoms with Gasteiger partial charge in [-0.05, 0) is 53.9 Å². The van der Waals surface area contributed by atoms with Crippen molar-refractivity contribution in [3.8, 4) is 0 Å². The van der Waals surface area contributed by atoms with Crippen molar-refractivity contribution in [2.24, 2.45) is 0 Å². The zero-order valence-electron chi connectivity index (χ0n) is 10.5. The second kappa shape index (κ2) is 6.40. The Morgan fingerprint density at radius 1 is 1.16 bits per heavy atom. The second-order valence-corrected chi connectivity index (χ2v) is 5.57. The summed E-state index contributed by atoms with van der Waals surface area (Å²) in [5.74, 6) is -0.271. The third kappa shape index (κ3) is 3.71. The molecule has 2 rings (SSSR count). The van der Waals surface area contributed by atoms with E-state index in [9.17, 15) is 4.39 Å². The minimum atomic E-state index is -0.271. The molecule has 0 atom stereocenters. The van der Waals surface area contributed by atoms with E-state index < -0.39 is 0 Å². The lowest BCUT2D eigenvalue weighted by atomic mass is 10.1. The molecule has 0 saturated heterocycles. The molecule has 0 radical (unpaired) electrons. The minimum absolute atomic E-state index is 0.271. The number of anilines is 1. The van der Waals surface area contributed by atoms with E-state index in [1.165, 1.54) is 17.7 Å². The van der Waals surface area contributed by atoms with Gasteiger partial charge in [0.25, 0.3) is 0 Å². The average Bonchev–Trinajstić information content (AvgIpc) is 2.40. The van der Waals surface area contributed by atoms with Gasteiger partial charge in [-0.25, -0.2) is 4.39 Å². The third-order valence-corrected chi connectivity index (χ3v) is 3.79. The standard InChI is InChI=1S/C15H14BrClFN/c1-2-10-7-12(16)3-6-15(10)19-9-11-8-13(18)4-5-14(11)17/h3-8,19H,2,9H2,1H3. The summed E-state index contributed by atoms with van der Waals surface area (Å²) in [7, 11) is 0. The van der Waals surface area contributed by atoms with E-state index in [0.717, 1.165) is 22.1 Å². The van der Waals surface area contributed by atoms with E-state index in [1.54, 1.807) is 6.07 Å². The quantitative estimate of drug-likeness (QED) is 0.782. The first-order valence-electron chi connectivity index (χ1n) is 6.06. The predicted octanol–water partition coefficient (Wildman–Crippen LogP) is 5.42.